The van der Waals surface area contributed by atoms with E-state index in [1.807, 2.05) is 6.92 Å². The van der Waals surface area contributed by atoms with Crippen LogP contribution in [-0.2, 0) is 19.6 Å². The van der Waals surface area contributed by atoms with Gasteiger partial charge in [0.25, 0.3) is 10.0 Å². The van der Waals surface area contributed by atoms with Crippen molar-refractivity contribution in [2.24, 2.45) is 0 Å². The van der Waals surface area contributed by atoms with Gasteiger partial charge in [0.05, 0.1) is 22.8 Å². The Labute approximate surface area is 164 Å². The van der Waals surface area contributed by atoms with Gasteiger partial charge in [0, 0.05) is 13.0 Å². The number of nitrogens with zero attached hydrogens (tertiary/aromatic N) is 1. The van der Waals surface area contributed by atoms with Gasteiger partial charge in [-0.3, -0.25) is 9.10 Å². The van der Waals surface area contributed by atoms with E-state index < -0.39 is 22.0 Å². The first-order valence-electron chi connectivity index (χ1n) is 8.84. The van der Waals surface area contributed by atoms with Crippen LogP contribution in [0, 0.1) is 6.92 Å². The van der Waals surface area contributed by atoms with Gasteiger partial charge in [-0.1, -0.05) is 29.8 Å². The number of ether oxygens (including phenoxy) is 1. The van der Waals surface area contributed by atoms with Gasteiger partial charge >= 0.3 is 11.9 Å². The van der Waals surface area contributed by atoms with Gasteiger partial charge in [-0.25, -0.2) is 13.2 Å². The quantitative estimate of drug-likeness (QED) is 0.643. The van der Waals surface area contributed by atoms with Gasteiger partial charge in [0.1, 0.15) is 0 Å². The van der Waals surface area contributed by atoms with Crippen LogP contribution < -0.4 is 4.31 Å². The molecule has 0 radical (unpaired) electrons. The van der Waals surface area contributed by atoms with Crippen molar-refractivity contribution in [3.05, 3.63) is 59.7 Å². The molecule has 0 unspecified atom stereocenters. The summed E-state index contributed by atoms with van der Waals surface area (Å²) in [5, 5.41) is 9.48. The molecule has 0 aliphatic rings. The highest BCUT2D eigenvalue weighted by Gasteiger charge is 2.28. The number of carbonyl (C=O) groups is 2. The van der Waals surface area contributed by atoms with Crippen LogP contribution in [0.4, 0.5) is 5.69 Å². The molecule has 28 heavy (non-hydrogen) atoms. The molecule has 150 valence electrons. The molecule has 0 aliphatic carbocycles. The predicted molar refractivity (Wildman–Crippen MR) is 105 cm³/mol. The predicted octanol–water partition coefficient (Wildman–Crippen LogP) is 3.23. The number of carbonyl (C=O) groups excluding carboxylic acids is 1. The van der Waals surface area contributed by atoms with Crippen molar-refractivity contribution in [2.45, 2.75) is 31.6 Å². The highest BCUT2D eigenvalue weighted by atomic mass is 32.2. The van der Waals surface area contributed by atoms with Gasteiger partial charge in [0.2, 0.25) is 0 Å². The van der Waals surface area contributed by atoms with Crippen LogP contribution in [0.15, 0.2) is 53.4 Å². The first kappa shape index (κ1) is 21.4. The maximum absolute atomic E-state index is 13.2. The van der Waals surface area contributed by atoms with Crippen LogP contribution in [0.2, 0.25) is 0 Å². The van der Waals surface area contributed by atoms with Crippen molar-refractivity contribution in [2.75, 3.05) is 17.5 Å². The van der Waals surface area contributed by atoms with E-state index in [1.54, 1.807) is 25.1 Å². The number of rotatable bonds is 9. The molecular formula is C20H23NO6S. The number of benzene rings is 2. The number of hydrogen-bond acceptors (Lipinski definition) is 5. The van der Waals surface area contributed by atoms with Crippen LogP contribution in [0.25, 0.3) is 0 Å². The van der Waals surface area contributed by atoms with E-state index in [1.165, 1.54) is 30.3 Å². The van der Waals surface area contributed by atoms with Gasteiger partial charge in [0.15, 0.2) is 0 Å². The maximum Gasteiger partial charge on any atom is 0.337 e. The number of aromatic carboxylic acids is 1. The van der Waals surface area contributed by atoms with Gasteiger partial charge in [-0.2, -0.15) is 0 Å². The number of carboxylic acid groups (broad SMARTS) is 1. The lowest BCUT2D eigenvalue weighted by molar-refractivity contribution is -0.143. The van der Waals surface area contributed by atoms with E-state index in [4.69, 9.17) is 4.74 Å². The number of esters is 1. The zero-order chi connectivity index (χ0) is 20.7. The topological polar surface area (TPSA) is 101 Å². The monoisotopic (exact) mass is 405 g/mol. The molecule has 0 spiro atoms. The molecule has 0 fully saturated rings. The summed E-state index contributed by atoms with van der Waals surface area (Å²) in [5.74, 6) is -1.66. The number of sulfonamides is 1. The highest BCUT2D eigenvalue weighted by Crippen LogP contribution is 2.28. The number of carboxylic acids is 1. The lowest BCUT2D eigenvalue weighted by atomic mass is 10.1. The molecule has 0 saturated heterocycles. The highest BCUT2D eigenvalue weighted by molar-refractivity contribution is 7.92. The summed E-state index contributed by atoms with van der Waals surface area (Å²) in [6.45, 7) is 3.72. The first-order chi connectivity index (χ1) is 13.3. The third-order valence-electron chi connectivity index (χ3n) is 4.06. The van der Waals surface area contributed by atoms with Crippen molar-refractivity contribution >= 4 is 27.6 Å². The summed E-state index contributed by atoms with van der Waals surface area (Å²) in [6.07, 6.45) is 0.223. The minimum Gasteiger partial charge on any atom is -0.478 e. The van der Waals surface area contributed by atoms with Crippen molar-refractivity contribution in [3.63, 3.8) is 0 Å². The van der Waals surface area contributed by atoms with Crippen LogP contribution in [0.3, 0.4) is 0 Å². The number of anilines is 1. The Balaban J connectivity index is 2.43. The minimum atomic E-state index is -4.02. The molecule has 2 rings (SSSR count). The van der Waals surface area contributed by atoms with E-state index in [0.717, 1.165) is 9.87 Å². The second-order valence-electron chi connectivity index (χ2n) is 6.12. The lowest BCUT2D eigenvalue weighted by Gasteiger charge is -2.26. The number of hydrogen-bond donors (Lipinski definition) is 1. The summed E-state index contributed by atoms with van der Waals surface area (Å²) in [6, 6.07) is 12.2. The molecule has 0 aromatic heterocycles. The van der Waals surface area contributed by atoms with Crippen LogP contribution in [0.1, 0.15) is 35.7 Å². The molecule has 0 bridgehead atoms. The van der Waals surface area contributed by atoms with Gasteiger partial charge in [-0.05, 0) is 44.5 Å². The molecule has 7 nitrogen and oxygen atoms in total. The fraction of sp³-hybridized carbons (Fsp3) is 0.300. The molecule has 0 aliphatic heterocycles. The summed E-state index contributed by atoms with van der Waals surface area (Å²) in [7, 11) is -4.02. The molecule has 2 aromatic carbocycles. The van der Waals surface area contributed by atoms with E-state index in [0.29, 0.717) is 0 Å². The second kappa shape index (κ2) is 9.36. The third-order valence-corrected chi connectivity index (χ3v) is 5.89. The fourth-order valence-electron chi connectivity index (χ4n) is 2.68. The standard InChI is InChI=1S/C20H23NO6S/c1-3-27-19(22)9-6-14-21(18-8-5-4-7-17(18)20(23)24)28(25,26)16-12-10-15(2)11-13-16/h4-5,7-8,10-13H,3,6,9,14H2,1-2H3,(H,23,24). The summed E-state index contributed by atoms with van der Waals surface area (Å²) in [5.41, 5.74) is 0.826. The maximum atomic E-state index is 13.2. The first-order valence-corrected chi connectivity index (χ1v) is 10.3. The Kier molecular flexibility index (Phi) is 7.17. The smallest absolute Gasteiger partial charge is 0.337 e. The minimum absolute atomic E-state index is 0.0308. The average Bonchev–Trinajstić information content (AvgIpc) is 2.65. The van der Waals surface area contributed by atoms with E-state index in [9.17, 15) is 23.1 Å². The van der Waals surface area contributed by atoms with Crippen molar-refractivity contribution in [1.29, 1.82) is 0 Å². The van der Waals surface area contributed by atoms with Crippen molar-refractivity contribution in [1.82, 2.24) is 0 Å². The molecule has 0 saturated carbocycles. The van der Waals surface area contributed by atoms with Crippen LogP contribution in [-0.4, -0.2) is 38.6 Å². The molecule has 0 heterocycles. The Morgan fingerprint density at radius 2 is 1.71 bits per heavy atom. The van der Waals surface area contributed by atoms with Crippen molar-refractivity contribution < 1.29 is 27.9 Å². The third kappa shape index (κ3) is 5.10. The van der Waals surface area contributed by atoms with Gasteiger partial charge < -0.3 is 9.84 Å². The zero-order valence-electron chi connectivity index (χ0n) is 15.8. The van der Waals surface area contributed by atoms with E-state index >= 15 is 0 Å². The Morgan fingerprint density at radius 3 is 2.32 bits per heavy atom. The van der Waals surface area contributed by atoms with Crippen LogP contribution >= 0.6 is 0 Å². The lowest BCUT2D eigenvalue weighted by Crippen LogP contribution is -2.33. The Hall–Kier alpha value is -2.87. The SMILES string of the molecule is CCOC(=O)CCCN(c1ccccc1C(=O)O)S(=O)(=O)c1ccc(C)cc1. The van der Waals surface area contributed by atoms with Gasteiger partial charge in [-0.15, -0.1) is 0 Å². The number of para-hydroxylation sites is 1. The Bertz CT molecular complexity index is 937. The average molecular weight is 405 g/mol. The summed E-state index contributed by atoms with van der Waals surface area (Å²) in [4.78, 5) is 23.3. The zero-order valence-corrected chi connectivity index (χ0v) is 16.6. The molecule has 0 amide bonds. The van der Waals surface area contributed by atoms with E-state index in [2.05, 4.69) is 0 Å². The second-order valence-corrected chi connectivity index (χ2v) is 7.98. The molecule has 8 heteroatoms. The molecule has 2 aromatic rings. The molecular weight excluding hydrogens is 382 g/mol. The normalized spacial score (nSPS) is 11.1. The molecule has 0 atom stereocenters. The summed E-state index contributed by atoms with van der Waals surface area (Å²) < 4.78 is 32.4. The van der Waals surface area contributed by atoms with Crippen LogP contribution in [0.5, 0.6) is 0 Å². The molecule has 1 N–H and O–H groups in total. The summed E-state index contributed by atoms with van der Waals surface area (Å²) >= 11 is 0. The fourth-order valence-corrected chi connectivity index (χ4v) is 4.20. The number of aryl methyl sites for hydroxylation is 1. The largest absolute Gasteiger partial charge is 0.478 e. The Morgan fingerprint density at radius 1 is 1.07 bits per heavy atom. The van der Waals surface area contributed by atoms with Crippen molar-refractivity contribution in [3.8, 4) is 0 Å². The van der Waals surface area contributed by atoms with E-state index in [-0.39, 0.29) is 42.1 Å².